The van der Waals surface area contributed by atoms with Gasteiger partial charge in [0.05, 0.1) is 25.3 Å². The number of fused-ring (bicyclic) bond motifs is 2. The Morgan fingerprint density at radius 2 is 1.20 bits per heavy atom. The van der Waals surface area contributed by atoms with Crippen LogP contribution in [0.2, 0.25) is 0 Å². The lowest BCUT2D eigenvalue weighted by molar-refractivity contribution is 0.103. The molecule has 0 saturated heterocycles. The minimum absolute atomic E-state index is 0.166. The molecule has 2 N–H and O–H groups in total. The van der Waals surface area contributed by atoms with Crippen molar-refractivity contribution in [3.05, 3.63) is 110 Å². The van der Waals surface area contributed by atoms with Crippen LogP contribution in [-0.4, -0.2) is 14.9 Å². The standard InChI is InChI=1S/C28H24Br2N4O/c29-18-1-5-20(6-2-18)31-15-22-9-11-26-24(13-14-33(22)26)25-17-34-23(10-12-27(34)28(25)35)16-32-21-7-3-19(30)4-8-21/h1-12,31-32H,13-17H2. The van der Waals surface area contributed by atoms with Gasteiger partial charge in [-0.25, -0.2) is 0 Å². The largest absolute Gasteiger partial charge is 0.379 e. The molecular formula is C28H24Br2N4O. The van der Waals surface area contributed by atoms with E-state index in [1.165, 1.54) is 17.0 Å². The summed E-state index contributed by atoms with van der Waals surface area (Å²) in [4.78, 5) is 13.3. The summed E-state index contributed by atoms with van der Waals surface area (Å²) in [5.74, 6) is 0.166. The second-order valence-electron chi connectivity index (χ2n) is 8.91. The molecule has 0 spiro atoms. The number of nitrogens with one attached hydrogen (secondary N) is 2. The highest BCUT2D eigenvalue weighted by molar-refractivity contribution is 9.10. The zero-order chi connectivity index (χ0) is 23.9. The van der Waals surface area contributed by atoms with E-state index in [-0.39, 0.29) is 5.78 Å². The van der Waals surface area contributed by atoms with Crippen molar-refractivity contribution >= 4 is 54.6 Å². The molecule has 0 saturated carbocycles. The molecule has 6 rings (SSSR count). The molecule has 7 heteroatoms. The van der Waals surface area contributed by atoms with Crippen LogP contribution in [0.4, 0.5) is 11.4 Å². The number of hydrogen-bond donors (Lipinski definition) is 2. The summed E-state index contributed by atoms with van der Waals surface area (Å²) < 4.78 is 6.65. The zero-order valence-corrected chi connectivity index (χ0v) is 22.2. The topological polar surface area (TPSA) is 51.0 Å². The first kappa shape index (κ1) is 22.4. The second-order valence-corrected chi connectivity index (χ2v) is 10.7. The first-order valence-corrected chi connectivity index (χ1v) is 13.3. The molecule has 5 nitrogen and oxygen atoms in total. The molecule has 0 fully saturated rings. The fraction of sp³-hybridized carbons (Fsp3) is 0.179. The van der Waals surface area contributed by atoms with Crippen LogP contribution in [-0.2, 0) is 26.2 Å². The van der Waals surface area contributed by atoms with Gasteiger partial charge in [0.15, 0.2) is 0 Å². The SMILES string of the molecule is O=C1C(=C2CCn3c(CNc4ccc(Br)cc4)ccc32)Cn2c(CNc3ccc(Br)cc3)ccc21. The average molecular weight is 592 g/mol. The summed E-state index contributed by atoms with van der Waals surface area (Å²) in [6, 6.07) is 24.7. The number of benzene rings is 2. The summed E-state index contributed by atoms with van der Waals surface area (Å²) in [5.41, 5.74) is 8.63. The molecule has 0 amide bonds. The number of anilines is 2. The Morgan fingerprint density at radius 3 is 1.80 bits per heavy atom. The van der Waals surface area contributed by atoms with Gasteiger partial charge in [-0.15, -0.1) is 0 Å². The fourth-order valence-electron chi connectivity index (χ4n) is 5.04. The highest BCUT2D eigenvalue weighted by atomic mass is 79.9. The molecule has 2 aliphatic heterocycles. The van der Waals surface area contributed by atoms with Crippen LogP contribution in [0.5, 0.6) is 0 Å². The fourth-order valence-corrected chi connectivity index (χ4v) is 5.56. The minimum atomic E-state index is 0.166. The van der Waals surface area contributed by atoms with E-state index in [1.807, 2.05) is 42.5 Å². The maximum absolute atomic E-state index is 13.3. The molecule has 0 atom stereocenters. The van der Waals surface area contributed by atoms with Gasteiger partial charge >= 0.3 is 0 Å². The smallest absolute Gasteiger partial charge is 0.207 e. The first-order valence-electron chi connectivity index (χ1n) is 11.7. The molecule has 4 aromatic rings. The number of ketones is 1. The summed E-state index contributed by atoms with van der Waals surface area (Å²) in [7, 11) is 0. The van der Waals surface area contributed by atoms with Gasteiger partial charge in [-0.1, -0.05) is 31.9 Å². The molecule has 0 bridgehead atoms. The maximum Gasteiger partial charge on any atom is 0.207 e. The predicted molar refractivity (Wildman–Crippen MR) is 148 cm³/mol. The lowest BCUT2D eigenvalue weighted by Crippen LogP contribution is -2.06. The van der Waals surface area contributed by atoms with Gasteiger partial charge in [0.25, 0.3) is 0 Å². The second kappa shape index (κ2) is 9.21. The van der Waals surface area contributed by atoms with Gasteiger partial charge in [-0.05, 0) is 84.8 Å². The van der Waals surface area contributed by atoms with E-state index in [0.29, 0.717) is 13.1 Å². The quantitative estimate of drug-likeness (QED) is 0.235. The maximum atomic E-state index is 13.3. The van der Waals surface area contributed by atoms with Crippen molar-refractivity contribution in [2.45, 2.75) is 32.6 Å². The summed E-state index contributed by atoms with van der Waals surface area (Å²) in [5, 5.41) is 6.98. The molecule has 176 valence electrons. The third-order valence-electron chi connectivity index (χ3n) is 6.86. The van der Waals surface area contributed by atoms with Gasteiger partial charge in [0.2, 0.25) is 5.78 Å². The summed E-state index contributed by atoms with van der Waals surface area (Å²) in [6.45, 7) is 2.99. The van der Waals surface area contributed by atoms with E-state index in [4.69, 9.17) is 0 Å². The van der Waals surface area contributed by atoms with Gasteiger partial charge in [-0.3, -0.25) is 4.79 Å². The Hall–Kier alpha value is -3.03. The lowest BCUT2D eigenvalue weighted by Gasteiger charge is -2.10. The summed E-state index contributed by atoms with van der Waals surface area (Å²) in [6.07, 6.45) is 0.903. The van der Waals surface area contributed by atoms with E-state index in [9.17, 15) is 4.79 Å². The third-order valence-corrected chi connectivity index (χ3v) is 7.92. The van der Waals surface area contributed by atoms with Gasteiger partial charge in [-0.2, -0.15) is 0 Å². The number of hydrogen-bond acceptors (Lipinski definition) is 3. The highest BCUT2D eigenvalue weighted by Gasteiger charge is 2.32. The molecule has 0 aliphatic carbocycles. The average Bonchev–Trinajstić information content (AvgIpc) is 3.62. The monoisotopic (exact) mass is 590 g/mol. The van der Waals surface area contributed by atoms with Crippen LogP contribution < -0.4 is 10.6 Å². The minimum Gasteiger partial charge on any atom is -0.379 e. The van der Waals surface area contributed by atoms with Crippen molar-refractivity contribution < 1.29 is 4.79 Å². The predicted octanol–water partition coefficient (Wildman–Crippen LogP) is 7.09. The van der Waals surface area contributed by atoms with Crippen molar-refractivity contribution in [1.82, 2.24) is 9.13 Å². The van der Waals surface area contributed by atoms with Crippen molar-refractivity contribution in [3.8, 4) is 0 Å². The Kier molecular flexibility index (Phi) is 5.90. The Labute approximate surface area is 221 Å². The van der Waals surface area contributed by atoms with Crippen LogP contribution in [0, 0.1) is 0 Å². The molecule has 2 aliphatic rings. The van der Waals surface area contributed by atoms with E-state index < -0.39 is 0 Å². The van der Waals surface area contributed by atoms with Gasteiger partial charge in [0, 0.05) is 49.5 Å². The van der Waals surface area contributed by atoms with E-state index in [1.54, 1.807) is 0 Å². The van der Waals surface area contributed by atoms with Gasteiger partial charge < -0.3 is 19.8 Å². The van der Waals surface area contributed by atoms with Crippen molar-refractivity contribution in [2.24, 2.45) is 0 Å². The number of rotatable bonds is 6. The number of carbonyl (C=O) groups excluding carboxylic acids is 1. The van der Waals surface area contributed by atoms with Crippen LogP contribution in [0.3, 0.4) is 0 Å². The number of aromatic nitrogens is 2. The van der Waals surface area contributed by atoms with Crippen LogP contribution >= 0.6 is 31.9 Å². The molecule has 0 unspecified atom stereocenters. The number of halogens is 2. The van der Waals surface area contributed by atoms with Crippen LogP contribution in [0.25, 0.3) is 5.57 Å². The third kappa shape index (κ3) is 4.28. The lowest BCUT2D eigenvalue weighted by atomic mass is 10.0. The molecular weight excluding hydrogens is 568 g/mol. The Balaban J connectivity index is 1.19. The molecule has 4 heterocycles. The number of Topliss-reactive ketones (excluding diaryl/α,β-unsaturated/α-hetero) is 1. The van der Waals surface area contributed by atoms with E-state index >= 15 is 0 Å². The summed E-state index contributed by atoms with van der Waals surface area (Å²) >= 11 is 6.96. The number of nitrogens with zero attached hydrogens (tertiary/aromatic N) is 2. The van der Waals surface area contributed by atoms with Crippen LogP contribution in [0.15, 0.2) is 87.3 Å². The molecule has 0 radical (unpaired) electrons. The van der Waals surface area contributed by atoms with Gasteiger partial charge in [0.1, 0.15) is 0 Å². The number of carbonyl (C=O) groups is 1. The normalized spacial score (nSPS) is 16.5. The Bertz CT molecular complexity index is 1450. The zero-order valence-electron chi connectivity index (χ0n) is 19.0. The first-order chi connectivity index (χ1) is 17.1. The van der Waals surface area contributed by atoms with Crippen molar-refractivity contribution in [2.75, 3.05) is 10.6 Å². The van der Waals surface area contributed by atoms with Crippen molar-refractivity contribution in [1.29, 1.82) is 0 Å². The van der Waals surface area contributed by atoms with E-state index in [2.05, 4.69) is 82.0 Å². The number of allylic oxidation sites excluding steroid dienone is 2. The molecule has 2 aromatic carbocycles. The van der Waals surface area contributed by atoms with E-state index in [0.717, 1.165) is 56.8 Å². The van der Waals surface area contributed by atoms with Crippen molar-refractivity contribution in [3.63, 3.8) is 0 Å². The molecule has 35 heavy (non-hydrogen) atoms. The Morgan fingerprint density at radius 1 is 0.657 bits per heavy atom. The molecule has 2 aromatic heterocycles. The van der Waals surface area contributed by atoms with Crippen LogP contribution in [0.1, 0.15) is 34.0 Å². The highest BCUT2D eigenvalue weighted by Crippen LogP contribution is 2.37.